The van der Waals surface area contributed by atoms with Gasteiger partial charge in [-0.3, -0.25) is 9.59 Å². The lowest BCUT2D eigenvalue weighted by molar-refractivity contribution is -0.121. The number of carbonyl (C=O) groups is 2. The van der Waals surface area contributed by atoms with Gasteiger partial charge in [0.1, 0.15) is 5.75 Å². The van der Waals surface area contributed by atoms with E-state index >= 15 is 0 Å². The Morgan fingerprint density at radius 1 is 1.27 bits per heavy atom. The summed E-state index contributed by atoms with van der Waals surface area (Å²) in [7, 11) is 0. The monoisotopic (exact) mass is 206 g/mol. The number of hydrogen-bond acceptors (Lipinski definition) is 4. The first-order valence-corrected chi connectivity index (χ1v) is 4.51. The van der Waals surface area contributed by atoms with Gasteiger partial charge in [-0.1, -0.05) is 0 Å². The van der Waals surface area contributed by atoms with Crippen LogP contribution in [0.15, 0.2) is 24.3 Å². The highest BCUT2D eigenvalue weighted by molar-refractivity contribution is 6.22. The third kappa shape index (κ3) is 1.57. The summed E-state index contributed by atoms with van der Waals surface area (Å²) in [6, 6.07) is 5.09. The van der Waals surface area contributed by atoms with Crippen LogP contribution in [-0.4, -0.2) is 23.0 Å². The molecule has 1 fully saturated rings. The molecule has 0 saturated carbocycles. The summed E-state index contributed by atoms with van der Waals surface area (Å²) in [6.45, 7) is 0. The highest BCUT2D eigenvalue weighted by Gasteiger charge is 2.36. The summed E-state index contributed by atoms with van der Waals surface area (Å²) in [5.41, 5.74) is 5.91. The third-order valence-electron chi connectivity index (χ3n) is 2.29. The average molecular weight is 206 g/mol. The first-order valence-electron chi connectivity index (χ1n) is 4.51. The van der Waals surface area contributed by atoms with Gasteiger partial charge in [0.15, 0.2) is 0 Å². The fraction of sp³-hybridized carbons (Fsp3) is 0.200. The maximum atomic E-state index is 11.5. The average Bonchev–Trinajstić information content (AvgIpc) is 2.44. The molecule has 0 unspecified atom stereocenters. The maximum absolute atomic E-state index is 11.5. The van der Waals surface area contributed by atoms with Gasteiger partial charge in [-0.2, -0.15) is 0 Å². The van der Waals surface area contributed by atoms with Crippen LogP contribution < -0.4 is 10.6 Å². The number of nitrogens with two attached hydrogens (primary N) is 1. The van der Waals surface area contributed by atoms with Crippen LogP contribution in [-0.2, 0) is 9.59 Å². The molecule has 0 aromatic heterocycles. The molecule has 2 rings (SSSR count). The molecule has 2 amide bonds. The van der Waals surface area contributed by atoms with Crippen molar-refractivity contribution in [3.63, 3.8) is 0 Å². The van der Waals surface area contributed by atoms with E-state index in [-0.39, 0.29) is 18.1 Å². The molecule has 1 aromatic rings. The van der Waals surface area contributed by atoms with E-state index in [0.29, 0.717) is 5.69 Å². The Kier molecular flexibility index (Phi) is 2.17. The Hall–Kier alpha value is -1.88. The number of aromatic hydroxyl groups is 1. The molecule has 1 aromatic carbocycles. The summed E-state index contributed by atoms with van der Waals surface area (Å²) >= 11 is 0. The van der Waals surface area contributed by atoms with Gasteiger partial charge in [0.25, 0.3) is 5.91 Å². The summed E-state index contributed by atoms with van der Waals surface area (Å²) in [4.78, 5) is 24.0. The molecule has 1 aliphatic heterocycles. The van der Waals surface area contributed by atoms with Crippen LogP contribution in [0.2, 0.25) is 0 Å². The Bertz CT molecular complexity index is 413. The highest BCUT2D eigenvalue weighted by Crippen LogP contribution is 2.23. The Morgan fingerprint density at radius 3 is 2.33 bits per heavy atom. The fourth-order valence-corrected chi connectivity index (χ4v) is 1.53. The molecule has 1 heterocycles. The first-order chi connectivity index (χ1) is 7.09. The van der Waals surface area contributed by atoms with Crippen molar-refractivity contribution in [3.05, 3.63) is 24.3 Å². The van der Waals surface area contributed by atoms with E-state index in [1.165, 1.54) is 24.3 Å². The van der Waals surface area contributed by atoms with Crippen LogP contribution in [0.25, 0.3) is 0 Å². The smallest absolute Gasteiger partial charge is 0.251 e. The minimum atomic E-state index is -0.744. The lowest BCUT2D eigenvalue weighted by atomic mass is 10.2. The number of benzene rings is 1. The summed E-state index contributed by atoms with van der Waals surface area (Å²) in [6.07, 6.45) is 0.0414. The summed E-state index contributed by atoms with van der Waals surface area (Å²) in [5.74, 6) is -0.619. The van der Waals surface area contributed by atoms with Gasteiger partial charge >= 0.3 is 0 Å². The number of phenolic OH excluding ortho intramolecular Hbond substituents is 1. The summed E-state index contributed by atoms with van der Waals surface area (Å²) < 4.78 is 0. The molecular formula is C10H10N2O3. The molecular weight excluding hydrogens is 196 g/mol. The second-order valence-electron chi connectivity index (χ2n) is 3.39. The number of amides is 2. The molecule has 1 aliphatic rings. The van der Waals surface area contributed by atoms with Crippen LogP contribution in [0.5, 0.6) is 5.75 Å². The Labute approximate surface area is 86.1 Å². The van der Waals surface area contributed by atoms with Gasteiger partial charge in [0.05, 0.1) is 18.2 Å². The second kappa shape index (κ2) is 3.36. The first kappa shape index (κ1) is 9.67. The third-order valence-corrected chi connectivity index (χ3v) is 2.29. The molecule has 5 nitrogen and oxygen atoms in total. The quantitative estimate of drug-likeness (QED) is 0.632. The van der Waals surface area contributed by atoms with Gasteiger partial charge in [0, 0.05) is 0 Å². The minimum absolute atomic E-state index is 0.0414. The van der Waals surface area contributed by atoms with Gasteiger partial charge < -0.3 is 10.8 Å². The van der Waals surface area contributed by atoms with Crippen LogP contribution in [0.1, 0.15) is 6.42 Å². The van der Waals surface area contributed by atoms with Crippen molar-refractivity contribution < 1.29 is 14.7 Å². The van der Waals surface area contributed by atoms with Gasteiger partial charge in [-0.15, -0.1) is 0 Å². The van der Waals surface area contributed by atoms with Crippen molar-refractivity contribution in [1.29, 1.82) is 0 Å². The van der Waals surface area contributed by atoms with E-state index in [9.17, 15) is 9.59 Å². The SMILES string of the molecule is N[C@H]1CC(=O)N(c2ccc(O)cc2)C1=O. The molecule has 1 atom stereocenters. The topological polar surface area (TPSA) is 83.6 Å². The largest absolute Gasteiger partial charge is 0.508 e. The number of phenols is 1. The number of anilines is 1. The molecule has 0 bridgehead atoms. The molecule has 0 spiro atoms. The Morgan fingerprint density at radius 2 is 1.87 bits per heavy atom. The van der Waals surface area contributed by atoms with Crippen molar-refractivity contribution in [2.24, 2.45) is 5.73 Å². The van der Waals surface area contributed by atoms with Crippen molar-refractivity contribution in [2.45, 2.75) is 12.5 Å². The molecule has 0 aliphatic carbocycles. The van der Waals surface area contributed by atoms with Crippen LogP contribution in [0, 0.1) is 0 Å². The lowest BCUT2D eigenvalue weighted by Crippen LogP contribution is -2.35. The number of nitrogens with zero attached hydrogens (tertiary/aromatic N) is 1. The number of carbonyl (C=O) groups excluding carboxylic acids is 2. The van der Waals surface area contributed by atoms with Crippen molar-refractivity contribution >= 4 is 17.5 Å². The standard InChI is InChI=1S/C10H10N2O3/c11-8-5-9(14)12(10(8)15)6-1-3-7(13)4-2-6/h1-4,8,13H,5,11H2/t8-/m0/s1. The zero-order chi connectivity index (χ0) is 11.0. The van der Waals surface area contributed by atoms with Gasteiger partial charge in [0.2, 0.25) is 5.91 Å². The van der Waals surface area contributed by atoms with E-state index in [1.54, 1.807) is 0 Å². The second-order valence-corrected chi connectivity index (χ2v) is 3.39. The van der Waals surface area contributed by atoms with Crippen molar-refractivity contribution in [2.75, 3.05) is 4.90 Å². The van der Waals surface area contributed by atoms with Crippen LogP contribution in [0.4, 0.5) is 5.69 Å². The number of rotatable bonds is 1. The fourth-order valence-electron chi connectivity index (χ4n) is 1.53. The lowest BCUT2D eigenvalue weighted by Gasteiger charge is -2.13. The minimum Gasteiger partial charge on any atom is -0.508 e. The van der Waals surface area contributed by atoms with Crippen LogP contribution >= 0.6 is 0 Å². The van der Waals surface area contributed by atoms with Gasteiger partial charge in [-0.25, -0.2) is 4.90 Å². The molecule has 15 heavy (non-hydrogen) atoms. The van der Waals surface area contributed by atoms with Gasteiger partial charge in [-0.05, 0) is 24.3 Å². The number of imide groups is 1. The van der Waals surface area contributed by atoms with E-state index < -0.39 is 11.9 Å². The highest BCUT2D eigenvalue weighted by atomic mass is 16.3. The van der Waals surface area contributed by atoms with E-state index in [2.05, 4.69) is 0 Å². The predicted octanol–water partition coefficient (Wildman–Crippen LogP) is -0.0172. The molecule has 78 valence electrons. The van der Waals surface area contributed by atoms with E-state index in [0.717, 1.165) is 4.90 Å². The molecule has 0 radical (unpaired) electrons. The van der Waals surface area contributed by atoms with E-state index in [4.69, 9.17) is 10.8 Å². The van der Waals surface area contributed by atoms with Crippen molar-refractivity contribution in [3.8, 4) is 5.75 Å². The van der Waals surface area contributed by atoms with Crippen LogP contribution in [0.3, 0.4) is 0 Å². The summed E-state index contributed by atoms with van der Waals surface area (Å²) in [5, 5.41) is 9.07. The zero-order valence-electron chi connectivity index (χ0n) is 7.88. The van der Waals surface area contributed by atoms with E-state index in [1.807, 2.05) is 0 Å². The number of hydrogen-bond donors (Lipinski definition) is 2. The van der Waals surface area contributed by atoms with Crippen molar-refractivity contribution in [1.82, 2.24) is 0 Å². The molecule has 5 heteroatoms. The normalized spacial score (nSPS) is 21.1. The zero-order valence-corrected chi connectivity index (χ0v) is 7.88. The maximum Gasteiger partial charge on any atom is 0.251 e. The Balaban J connectivity index is 2.35. The molecule has 1 saturated heterocycles. The predicted molar refractivity (Wildman–Crippen MR) is 53.2 cm³/mol. The molecule has 3 N–H and O–H groups in total.